The van der Waals surface area contributed by atoms with Crippen molar-refractivity contribution in [3.63, 3.8) is 0 Å². The molecule has 2 saturated heterocycles. The van der Waals surface area contributed by atoms with Crippen LogP contribution in [0.15, 0.2) is 54.6 Å². The first-order valence-electron chi connectivity index (χ1n) is 13.9. The summed E-state index contributed by atoms with van der Waals surface area (Å²) in [6.07, 6.45) is 6.99. The third-order valence-electron chi connectivity index (χ3n) is 7.50. The summed E-state index contributed by atoms with van der Waals surface area (Å²) >= 11 is 6.60. The molecule has 0 unspecified atom stereocenters. The molecule has 2 aliphatic heterocycles. The first kappa shape index (κ1) is 26.1. The van der Waals surface area contributed by atoms with Gasteiger partial charge in [-0.25, -0.2) is 0 Å². The minimum atomic E-state index is -0.438. The van der Waals surface area contributed by atoms with E-state index in [9.17, 15) is 9.90 Å². The Labute approximate surface area is 238 Å². The van der Waals surface area contributed by atoms with Crippen LogP contribution in [0, 0.1) is 0 Å². The van der Waals surface area contributed by atoms with Crippen molar-refractivity contribution in [1.82, 2.24) is 15.0 Å². The molecule has 0 radical (unpaired) electrons. The Morgan fingerprint density at radius 3 is 2.10 bits per heavy atom. The second-order valence-corrected chi connectivity index (χ2v) is 10.7. The number of nitrogens with zero attached hydrogens (tertiary/aromatic N) is 5. The van der Waals surface area contributed by atoms with Crippen LogP contribution in [0.25, 0.3) is 10.8 Å². The van der Waals surface area contributed by atoms with Gasteiger partial charge in [0.2, 0.25) is 17.8 Å². The SMILES string of the molecule is O=C(Nc1ccc(Nc2nc(N3CCCCC3)nc(N3CCCCC3)n2)cc1Cl)c1c(O)ccc2ccccc12. The summed E-state index contributed by atoms with van der Waals surface area (Å²) in [5.41, 5.74) is 1.33. The van der Waals surface area contributed by atoms with E-state index in [1.807, 2.05) is 30.3 Å². The van der Waals surface area contributed by atoms with Crippen molar-refractivity contribution in [3.8, 4) is 5.75 Å². The van der Waals surface area contributed by atoms with E-state index in [1.54, 1.807) is 18.2 Å². The third kappa shape index (κ3) is 5.60. The van der Waals surface area contributed by atoms with Gasteiger partial charge in [0, 0.05) is 31.9 Å². The van der Waals surface area contributed by atoms with E-state index in [1.165, 1.54) is 18.9 Å². The molecule has 6 rings (SSSR count). The van der Waals surface area contributed by atoms with E-state index < -0.39 is 5.91 Å². The van der Waals surface area contributed by atoms with Gasteiger partial charge in [-0.2, -0.15) is 15.0 Å². The maximum absolute atomic E-state index is 13.2. The van der Waals surface area contributed by atoms with Gasteiger partial charge in [0.25, 0.3) is 5.91 Å². The summed E-state index contributed by atoms with van der Waals surface area (Å²) in [5, 5.41) is 18.5. The minimum Gasteiger partial charge on any atom is -0.507 e. The quantitative estimate of drug-likeness (QED) is 0.251. The molecule has 0 aliphatic carbocycles. The van der Waals surface area contributed by atoms with Crippen LogP contribution >= 0.6 is 11.6 Å². The van der Waals surface area contributed by atoms with Crippen molar-refractivity contribution in [2.45, 2.75) is 38.5 Å². The van der Waals surface area contributed by atoms with Gasteiger partial charge in [0.15, 0.2) is 0 Å². The molecule has 2 fully saturated rings. The highest BCUT2D eigenvalue weighted by Gasteiger charge is 2.21. The average Bonchev–Trinajstić information content (AvgIpc) is 2.99. The summed E-state index contributed by atoms with van der Waals surface area (Å²) < 4.78 is 0. The summed E-state index contributed by atoms with van der Waals surface area (Å²) in [7, 11) is 0. The summed E-state index contributed by atoms with van der Waals surface area (Å²) in [5.74, 6) is 1.33. The van der Waals surface area contributed by atoms with Gasteiger partial charge in [0.05, 0.1) is 16.3 Å². The lowest BCUT2D eigenvalue weighted by Gasteiger charge is -2.30. The van der Waals surface area contributed by atoms with Crippen LogP contribution in [0.2, 0.25) is 5.02 Å². The van der Waals surface area contributed by atoms with E-state index in [2.05, 4.69) is 20.4 Å². The fraction of sp³-hybridized carbons (Fsp3) is 0.333. The second kappa shape index (κ2) is 11.6. The smallest absolute Gasteiger partial charge is 0.260 e. The number of carbonyl (C=O) groups excluding carboxylic acids is 1. The zero-order valence-corrected chi connectivity index (χ0v) is 23.0. The first-order chi connectivity index (χ1) is 19.5. The number of piperidine rings is 2. The molecule has 0 saturated carbocycles. The number of phenolic OH excluding ortho intramolecular Hbond substituents is 1. The zero-order chi connectivity index (χ0) is 27.5. The lowest BCUT2D eigenvalue weighted by molar-refractivity contribution is 0.102. The molecular weight excluding hydrogens is 526 g/mol. The highest BCUT2D eigenvalue weighted by molar-refractivity contribution is 6.34. The molecule has 10 heteroatoms. The number of halogens is 1. The number of rotatable bonds is 6. The number of fused-ring (bicyclic) bond motifs is 1. The van der Waals surface area contributed by atoms with E-state index >= 15 is 0 Å². The molecule has 3 N–H and O–H groups in total. The average molecular weight is 558 g/mol. The number of nitrogens with one attached hydrogen (secondary N) is 2. The van der Waals surface area contributed by atoms with E-state index in [4.69, 9.17) is 26.6 Å². The maximum atomic E-state index is 13.2. The number of phenols is 1. The number of aromatic nitrogens is 3. The molecule has 40 heavy (non-hydrogen) atoms. The molecule has 1 aromatic heterocycles. The number of carbonyl (C=O) groups is 1. The van der Waals surface area contributed by atoms with E-state index in [-0.39, 0.29) is 11.3 Å². The number of hydrogen-bond acceptors (Lipinski definition) is 8. The van der Waals surface area contributed by atoms with Gasteiger partial charge in [-0.3, -0.25) is 4.79 Å². The molecule has 3 heterocycles. The molecule has 3 aromatic carbocycles. The molecule has 206 valence electrons. The predicted molar refractivity (Wildman–Crippen MR) is 160 cm³/mol. The molecule has 0 spiro atoms. The highest BCUT2D eigenvalue weighted by Crippen LogP contribution is 2.32. The van der Waals surface area contributed by atoms with Crippen molar-refractivity contribution in [3.05, 3.63) is 65.2 Å². The largest absolute Gasteiger partial charge is 0.507 e. The summed E-state index contributed by atoms with van der Waals surface area (Å²) in [4.78, 5) is 32.0. The number of benzene rings is 3. The standard InChI is InChI=1S/C30H32ClN7O2/c31-23-19-21(12-13-24(23)33-27(40)26-22-10-4-3-9-20(22)11-14-25(26)39)32-28-34-29(37-15-5-1-6-16-37)36-30(35-28)38-17-7-2-8-18-38/h3-4,9-14,19,39H,1-2,5-8,15-18H2,(H,33,40)(H,32,34,35,36). The van der Waals surface area contributed by atoms with Gasteiger partial charge >= 0.3 is 0 Å². The molecule has 0 atom stereocenters. The number of anilines is 5. The van der Waals surface area contributed by atoms with Gasteiger partial charge < -0.3 is 25.5 Å². The Hall–Kier alpha value is -4.11. The Morgan fingerprint density at radius 2 is 1.45 bits per heavy atom. The third-order valence-corrected chi connectivity index (χ3v) is 7.81. The molecule has 2 aliphatic rings. The van der Waals surface area contributed by atoms with Crippen LogP contribution in [-0.2, 0) is 0 Å². The minimum absolute atomic E-state index is 0.0885. The Kier molecular flexibility index (Phi) is 7.55. The molecule has 9 nitrogen and oxygen atoms in total. The van der Waals surface area contributed by atoms with Gasteiger partial charge in [-0.1, -0.05) is 41.9 Å². The van der Waals surface area contributed by atoms with E-state index in [0.29, 0.717) is 39.6 Å². The van der Waals surface area contributed by atoms with Gasteiger partial charge in [-0.05, 0) is 73.6 Å². The van der Waals surface area contributed by atoms with Gasteiger partial charge in [-0.15, -0.1) is 0 Å². The number of hydrogen-bond donors (Lipinski definition) is 3. The predicted octanol–water partition coefficient (Wildman–Crippen LogP) is 6.36. The molecule has 1 amide bonds. The van der Waals surface area contributed by atoms with Crippen LogP contribution in [0.4, 0.5) is 29.2 Å². The van der Waals surface area contributed by atoms with Gasteiger partial charge in [0.1, 0.15) is 5.75 Å². The maximum Gasteiger partial charge on any atom is 0.260 e. The highest BCUT2D eigenvalue weighted by atomic mass is 35.5. The summed E-state index contributed by atoms with van der Waals surface area (Å²) in [6, 6.07) is 16.0. The fourth-order valence-corrected chi connectivity index (χ4v) is 5.62. The molecule has 4 aromatic rings. The number of aromatic hydroxyl groups is 1. The lowest BCUT2D eigenvalue weighted by Crippen LogP contribution is -2.34. The van der Waals surface area contributed by atoms with Crippen molar-refractivity contribution in [2.24, 2.45) is 0 Å². The molecule has 0 bridgehead atoms. The number of amides is 1. The Bertz CT molecular complexity index is 1500. The van der Waals surface area contributed by atoms with Crippen molar-refractivity contribution >= 4 is 57.5 Å². The monoisotopic (exact) mass is 557 g/mol. The van der Waals surface area contributed by atoms with Crippen LogP contribution < -0.4 is 20.4 Å². The van der Waals surface area contributed by atoms with Crippen molar-refractivity contribution < 1.29 is 9.90 Å². The van der Waals surface area contributed by atoms with Crippen molar-refractivity contribution in [2.75, 3.05) is 46.6 Å². The molecular formula is C30H32ClN7O2. The van der Waals surface area contributed by atoms with E-state index in [0.717, 1.165) is 57.2 Å². The fourth-order valence-electron chi connectivity index (χ4n) is 5.39. The van der Waals surface area contributed by atoms with Crippen LogP contribution in [-0.4, -0.2) is 52.1 Å². The van der Waals surface area contributed by atoms with Crippen LogP contribution in [0.1, 0.15) is 48.9 Å². The van der Waals surface area contributed by atoms with Crippen LogP contribution in [0.5, 0.6) is 5.75 Å². The topological polar surface area (TPSA) is 107 Å². The Morgan fingerprint density at radius 1 is 0.800 bits per heavy atom. The normalized spacial score (nSPS) is 15.7. The lowest BCUT2D eigenvalue weighted by atomic mass is 10.0. The first-order valence-corrected chi connectivity index (χ1v) is 14.3. The van der Waals surface area contributed by atoms with Crippen LogP contribution in [0.3, 0.4) is 0 Å². The second-order valence-electron chi connectivity index (χ2n) is 10.3. The zero-order valence-electron chi connectivity index (χ0n) is 22.2. The van der Waals surface area contributed by atoms with Crippen molar-refractivity contribution in [1.29, 1.82) is 0 Å². The Balaban J connectivity index is 1.24. The summed E-state index contributed by atoms with van der Waals surface area (Å²) in [6.45, 7) is 3.76.